The molecule has 1 saturated heterocycles. The van der Waals surface area contributed by atoms with Crippen LogP contribution in [0.4, 0.5) is 11.4 Å². The van der Waals surface area contributed by atoms with E-state index in [-0.39, 0.29) is 17.9 Å². The van der Waals surface area contributed by atoms with Gasteiger partial charge in [0, 0.05) is 18.7 Å². The highest BCUT2D eigenvalue weighted by Gasteiger charge is 2.34. The minimum absolute atomic E-state index is 0.0505. The van der Waals surface area contributed by atoms with Crippen LogP contribution in [0.3, 0.4) is 0 Å². The smallest absolute Gasteiger partial charge is 0.251 e. The lowest BCUT2D eigenvalue weighted by Crippen LogP contribution is -2.50. The summed E-state index contributed by atoms with van der Waals surface area (Å²) < 4.78 is 0. The maximum Gasteiger partial charge on any atom is 0.251 e. The zero-order chi connectivity index (χ0) is 15.5. The molecule has 3 rings (SSSR count). The van der Waals surface area contributed by atoms with E-state index in [1.807, 2.05) is 12.1 Å². The fourth-order valence-corrected chi connectivity index (χ4v) is 3.22. The van der Waals surface area contributed by atoms with Gasteiger partial charge in [-0.2, -0.15) is 0 Å². The molecule has 1 aromatic rings. The number of hydrogen-bond donors (Lipinski definition) is 2. The predicted octanol–water partition coefficient (Wildman–Crippen LogP) is 2.53. The summed E-state index contributed by atoms with van der Waals surface area (Å²) in [4.78, 5) is 26.5. The average molecular weight is 301 g/mol. The fourth-order valence-electron chi connectivity index (χ4n) is 3.22. The van der Waals surface area contributed by atoms with Gasteiger partial charge >= 0.3 is 0 Å². The summed E-state index contributed by atoms with van der Waals surface area (Å²) in [5, 5.41) is 5.87. The first kappa shape index (κ1) is 14.9. The van der Waals surface area contributed by atoms with Crippen molar-refractivity contribution in [2.24, 2.45) is 0 Å². The number of nitrogens with one attached hydrogen (secondary N) is 2. The Balaban J connectivity index is 1.80. The second-order valence-corrected chi connectivity index (χ2v) is 6.04. The number of carbonyl (C=O) groups is 2. The van der Waals surface area contributed by atoms with Crippen LogP contribution in [-0.2, 0) is 4.79 Å². The molecule has 1 fully saturated rings. The number of benzene rings is 1. The van der Waals surface area contributed by atoms with E-state index in [2.05, 4.69) is 22.5 Å². The quantitative estimate of drug-likeness (QED) is 0.840. The van der Waals surface area contributed by atoms with Gasteiger partial charge in [0.15, 0.2) is 0 Å². The van der Waals surface area contributed by atoms with Gasteiger partial charge in [0.25, 0.3) is 5.91 Å². The molecule has 5 nitrogen and oxygen atoms in total. The summed E-state index contributed by atoms with van der Waals surface area (Å²) >= 11 is 0. The molecular formula is C17H23N3O2. The summed E-state index contributed by atoms with van der Waals surface area (Å²) in [5.74, 6) is -0.0259. The van der Waals surface area contributed by atoms with Crippen LogP contribution in [0.25, 0.3) is 0 Å². The molecule has 5 heteroatoms. The summed E-state index contributed by atoms with van der Waals surface area (Å²) in [6.45, 7) is 3.69. The van der Waals surface area contributed by atoms with E-state index in [1.54, 1.807) is 6.07 Å². The first-order chi connectivity index (χ1) is 10.7. The number of fused-ring (bicyclic) bond motifs is 3. The number of carbonyl (C=O) groups excluding carboxylic acids is 2. The Morgan fingerprint density at radius 3 is 3.09 bits per heavy atom. The molecule has 1 aromatic carbocycles. The summed E-state index contributed by atoms with van der Waals surface area (Å²) in [6.07, 6.45) is 5.15. The zero-order valence-electron chi connectivity index (χ0n) is 13.0. The zero-order valence-corrected chi connectivity index (χ0v) is 13.0. The minimum atomic E-state index is -0.0775. The normalized spacial score (nSPS) is 20.0. The number of piperidine rings is 1. The van der Waals surface area contributed by atoms with Crippen LogP contribution in [0.1, 0.15) is 49.4 Å². The second kappa shape index (κ2) is 6.38. The SMILES string of the molecule is CCCCNC(=O)c1ccc2c(c1)NC(=O)C1CCCCN21. The lowest BCUT2D eigenvalue weighted by molar-refractivity contribution is -0.118. The number of nitrogens with zero attached hydrogens (tertiary/aromatic N) is 1. The van der Waals surface area contributed by atoms with Crippen LogP contribution in [-0.4, -0.2) is 30.9 Å². The topological polar surface area (TPSA) is 61.4 Å². The van der Waals surface area contributed by atoms with E-state index in [0.717, 1.165) is 50.0 Å². The van der Waals surface area contributed by atoms with Gasteiger partial charge in [-0.3, -0.25) is 9.59 Å². The molecule has 1 unspecified atom stereocenters. The molecule has 0 bridgehead atoms. The van der Waals surface area contributed by atoms with Gasteiger partial charge in [0.05, 0.1) is 11.4 Å². The molecule has 0 aliphatic carbocycles. The van der Waals surface area contributed by atoms with Crippen LogP contribution in [0.2, 0.25) is 0 Å². The van der Waals surface area contributed by atoms with Gasteiger partial charge in [-0.05, 0) is 43.9 Å². The summed E-state index contributed by atoms with van der Waals surface area (Å²) in [5.41, 5.74) is 2.39. The molecule has 0 radical (unpaired) electrons. The van der Waals surface area contributed by atoms with Crippen molar-refractivity contribution < 1.29 is 9.59 Å². The Morgan fingerprint density at radius 1 is 1.41 bits per heavy atom. The van der Waals surface area contributed by atoms with Crippen LogP contribution >= 0.6 is 0 Å². The van der Waals surface area contributed by atoms with Crippen molar-refractivity contribution in [2.45, 2.75) is 45.1 Å². The van der Waals surface area contributed by atoms with Crippen molar-refractivity contribution in [2.75, 3.05) is 23.3 Å². The number of rotatable bonds is 4. The molecular weight excluding hydrogens is 278 g/mol. The van der Waals surface area contributed by atoms with E-state index in [9.17, 15) is 9.59 Å². The third kappa shape index (κ3) is 2.80. The van der Waals surface area contributed by atoms with Crippen LogP contribution in [0, 0.1) is 0 Å². The van der Waals surface area contributed by atoms with E-state index < -0.39 is 0 Å². The van der Waals surface area contributed by atoms with E-state index in [1.165, 1.54) is 0 Å². The fraction of sp³-hybridized carbons (Fsp3) is 0.529. The van der Waals surface area contributed by atoms with Gasteiger partial charge < -0.3 is 15.5 Å². The van der Waals surface area contributed by atoms with Gasteiger partial charge in [0.1, 0.15) is 6.04 Å². The largest absolute Gasteiger partial charge is 0.358 e. The third-order valence-corrected chi connectivity index (χ3v) is 4.45. The second-order valence-electron chi connectivity index (χ2n) is 6.04. The van der Waals surface area contributed by atoms with Crippen LogP contribution in [0.5, 0.6) is 0 Å². The number of amides is 2. The number of unbranched alkanes of at least 4 members (excludes halogenated alkanes) is 1. The number of hydrogen-bond acceptors (Lipinski definition) is 3. The Bertz CT molecular complexity index is 585. The lowest BCUT2D eigenvalue weighted by atomic mass is 9.97. The van der Waals surface area contributed by atoms with Crippen molar-refractivity contribution in [1.29, 1.82) is 0 Å². The molecule has 2 aliphatic rings. The van der Waals surface area contributed by atoms with Gasteiger partial charge in [0.2, 0.25) is 5.91 Å². The minimum Gasteiger partial charge on any atom is -0.358 e. The molecule has 2 amide bonds. The first-order valence-corrected chi connectivity index (χ1v) is 8.20. The maximum absolute atomic E-state index is 12.2. The van der Waals surface area contributed by atoms with Gasteiger partial charge in [-0.25, -0.2) is 0 Å². The molecule has 22 heavy (non-hydrogen) atoms. The molecule has 1 atom stereocenters. The van der Waals surface area contributed by atoms with Crippen molar-refractivity contribution in [3.05, 3.63) is 23.8 Å². The van der Waals surface area contributed by atoms with Crippen molar-refractivity contribution in [3.63, 3.8) is 0 Å². The molecule has 0 spiro atoms. The lowest BCUT2D eigenvalue weighted by Gasteiger charge is -2.41. The molecule has 2 aliphatic heterocycles. The highest BCUT2D eigenvalue weighted by atomic mass is 16.2. The standard InChI is InChI=1S/C17H23N3O2/c1-2-3-9-18-16(21)12-7-8-14-13(11-12)19-17(22)15-6-4-5-10-20(14)15/h7-8,11,15H,2-6,9-10H2,1H3,(H,18,21)(H,19,22). The molecule has 2 heterocycles. The first-order valence-electron chi connectivity index (χ1n) is 8.20. The highest BCUT2D eigenvalue weighted by Crippen LogP contribution is 2.36. The molecule has 2 N–H and O–H groups in total. The Kier molecular flexibility index (Phi) is 4.32. The molecule has 118 valence electrons. The predicted molar refractivity (Wildman–Crippen MR) is 87.3 cm³/mol. The van der Waals surface area contributed by atoms with Crippen molar-refractivity contribution >= 4 is 23.2 Å². The third-order valence-electron chi connectivity index (χ3n) is 4.45. The van der Waals surface area contributed by atoms with E-state index >= 15 is 0 Å². The maximum atomic E-state index is 12.2. The van der Waals surface area contributed by atoms with Gasteiger partial charge in [-0.1, -0.05) is 13.3 Å². The summed E-state index contributed by atoms with van der Waals surface area (Å²) in [6, 6.07) is 5.55. The number of anilines is 2. The summed E-state index contributed by atoms with van der Waals surface area (Å²) in [7, 11) is 0. The molecule has 0 aromatic heterocycles. The Morgan fingerprint density at radius 2 is 2.27 bits per heavy atom. The van der Waals surface area contributed by atoms with Crippen LogP contribution in [0.15, 0.2) is 18.2 Å². The van der Waals surface area contributed by atoms with E-state index in [0.29, 0.717) is 12.1 Å². The van der Waals surface area contributed by atoms with Crippen LogP contribution < -0.4 is 15.5 Å². The molecule has 0 saturated carbocycles. The average Bonchev–Trinajstić information content (AvgIpc) is 2.55. The monoisotopic (exact) mass is 301 g/mol. The Labute approximate surface area is 131 Å². The van der Waals surface area contributed by atoms with Crippen molar-refractivity contribution in [3.8, 4) is 0 Å². The van der Waals surface area contributed by atoms with E-state index in [4.69, 9.17) is 0 Å². The van der Waals surface area contributed by atoms with Gasteiger partial charge in [-0.15, -0.1) is 0 Å². The van der Waals surface area contributed by atoms with Crippen molar-refractivity contribution in [1.82, 2.24) is 5.32 Å². The highest BCUT2D eigenvalue weighted by molar-refractivity contribution is 6.05. The Hall–Kier alpha value is -2.04.